The summed E-state index contributed by atoms with van der Waals surface area (Å²) in [5.74, 6) is -0.462. The van der Waals surface area contributed by atoms with Crippen molar-refractivity contribution in [3.05, 3.63) is 60.7 Å². The summed E-state index contributed by atoms with van der Waals surface area (Å²) < 4.78 is 2.64. The predicted molar refractivity (Wildman–Crippen MR) is 130 cm³/mol. The zero-order valence-electron chi connectivity index (χ0n) is 17.8. The molecular weight excluding hydrogens is 470 g/mol. The highest BCUT2D eigenvalue weighted by molar-refractivity contribution is 7.99. The van der Waals surface area contributed by atoms with Gasteiger partial charge in [0.05, 0.1) is 22.0 Å². The van der Waals surface area contributed by atoms with E-state index in [0.29, 0.717) is 31.3 Å². The Morgan fingerprint density at radius 1 is 1.25 bits per heavy atom. The molecule has 1 aromatic carbocycles. The molecule has 4 rings (SSSR count). The fourth-order valence-corrected chi connectivity index (χ4v) is 5.39. The number of carbonyl (C=O) groups excluding carboxylic acids is 1. The number of thioether (sulfide) groups is 1. The lowest BCUT2D eigenvalue weighted by atomic mass is 10.2. The first kappa shape index (κ1) is 22.5. The van der Waals surface area contributed by atoms with E-state index in [2.05, 4.69) is 15.4 Å². The minimum Gasteiger partial charge on any atom is -0.285 e. The van der Waals surface area contributed by atoms with Crippen LogP contribution < -0.4 is 16.5 Å². The molecule has 0 radical (unpaired) electrons. The number of nitrogens with one attached hydrogen (secondary N) is 1. The number of carbonyl (C=O) groups is 1. The molecule has 11 heteroatoms. The van der Waals surface area contributed by atoms with Gasteiger partial charge in [-0.3, -0.25) is 24.4 Å². The van der Waals surface area contributed by atoms with Crippen LogP contribution >= 0.6 is 34.7 Å². The average Bonchev–Trinajstić information content (AvgIpc) is 3.02. The molecule has 4 aromatic rings. The fraction of sp³-hybridized carbons (Fsp3) is 0.286. The Kier molecular flexibility index (Phi) is 6.11. The van der Waals surface area contributed by atoms with Crippen molar-refractivity contribution in [3.63, 3.8) is 0 Å². The number of rotatable bonds is 5. The highest BCUT2D eigenvalue weighted by atomic mass is 35.5. The first-order valence-corrected chi connectivity index (χ1v) is 12.0. The molecule has 1 N–H and O–H groups in total. The zero-order chi connectivity index (χ0) is 23.2. The number of aromatic nitrogens is 4. The minimum atomic E-state index is -0.418. The van der Waals surface area contributed by atoms with Crippen molar-refractivity contribution >= 4 is 61.7 Å². The maximum atomic E-state index is 13.0. The van der Waals surface area contributed by atoms with Gasteiger partial charge in [0.25, 0.3) is 11.1 Å². The number of amides is 1. The number of thiophene rings is 1. The second-order valence-electron chi connectivity index (χ2n) is 7.53. The summed E-state index contributed by atoms with van der Waals surface area (Å²) in [5, 5.41) is 1.84. The van der Waals surface area contributed by atoms with Crippen LogP contribution in [0.15, 0.2) is 39.3 Å². The van der Waals surface area contributed by atoms with Crippen LogP contribution in [0.4, 0.5) is 0 Å². The zero-order valence-corrected chi connectivity index (χ0v) is 20.2. The van der Waals surface area contributed by atoms with Crippen molar-refractivity contribution in [2.75, 3.05) is 11.2 Å². The molecule has 0 saturated heterocycles. The standard InChI is InChI=1S/C21H20ClN5O3S2/c1-10(2)27-19(29)14-6-5-13(22)7-15(14)24-21(27)31-8-16(28)25-26-9-23-18-17(20(26)30)11(3)12(4)32-18/h5-7,9-10H,8H2,1-4H3,(H,25,28). The van der Waals surface area contributed by atoms with E-state index in [0.717, 1.165) is 26.9 Å². The summed E-state index contributed by atoms with van der Waals surface area (Å²) in [5.41, 5.74) is 3.38. The average molecular weight is 490 g/mol. The van der Waals surface area contributed by atoms with Gasteiger partial charge in [-0.15, -0.1) is 11.3 Å². The van der Waals surface area contributed by atoms with Gasteiger partial charge in [-0.2, -0.15) is 0 Å². The van der Waals surface area contributed by atoms with E-state index >= 15 is 0 Å². The largest absolute Gasteiger partial charge is 0.285 e. The number of benzene rings is 1. The number of fused-ring (bicyclic) bond motifs is 2. The van der Waals surface area contributed by atoms with Gasteiger partial charge in [0.1, 0.15) is 11.2 Å². The normalized spacial score (nSPS) is 11.6. The number of halogens is 1. The van der Waals surface area contributed by atoms with Crippen LogP contribution in [-0.2, 0) is 4.79 Å². The topological polar surface area (TPSA) is 98.9 Å². The second kappa shape index (κ2) is 8.68. The summed E-state index contributed by atoms with van der Waals surface area (Å²) in [6.45, 7) is 7.54. The summed E-state index contributed by atoms with van der Waals surface area (Å²) in [6, 6.07) is 4.77. The molecule has 0 unspecified atom stereocenters. The van der Waals surface area contributed by atoms with E-state index in [1.54, 1.807) is 22.8 Å². The Balaban J connectivity index is 1.60. The molecule has 0 aliphatic heterocycles. The molecule has 0 bridgehead atoms. The molecule has 0 aliphatic carbocycles. The van der Waals surface area contributed by atoms with E-state index < -0.39 is 5.91 Å². The van der Waals surface area contributed by atoms with Gasteiger partial charge >= 0.3 is 0 Å². The van der Waals surface area contributed by atoms with Crippen LogP contribution in [-0.4, -0.2) is 30.9 Å². The lowest BCUT2D eigenvalue weighted by molar-refractivity contribution is -0.114. The van der Waals surface area contributed by atoms with E-state index in [9.17, 15) is 14.4 Å². The lowest BCUT2D eigenvalue weighted by Gasteiger charge is -2.16. The summed E-state index contributed by atoms with van der Waals surface area (Å²) >= 11 is 8.62. The minimum absolute atomic E-state index is 0.0443. The summed E-state index contributed by atoms with van der Waals surface area (Å²) in [6.07, 6.45) is 1.31. The quantitative estimate of drug-likeness (QED) is 0.337. The number of nitrogens with zero attached hydrogens (tertiary/aromatic N) is 4. The van der Waals surface area contributed by atoms with E-state index in [4.69, 9.17) is 11.6 Å². The first-order valence-electron chi connectivity index (χ1n) is 9.79. The van der Waals surface area contributed by atoms with Crippen molar-refractivity contribution in [1.29, 1.82) is 0 Å². The molecule has 1 amide bonds. The highest BCUT2D eigenvalue weighted by Crippen LogP contribution is 2.25. The summed E-state index contributed by atoms with van der Waals surface area (Å²) in [7, 11) is 0. The molecule has 0 aliphatic rings. The number of hydrogen-bond donors (Lipinski definition) is 1. The Bertz CT molecular complexity index is 1490. The molecule has 166 valence electrons. The Morgan fingerprint density at radius 3 is 2.72 bits per heavy atom. The molecular formula is C21H20ClN5O3S2. The van der Waals surface area contributed by atoms with Gasteiger partial charge in [-0.1, -0.05) is 23.4 Å². The third-order valence-corrected chi connectivity index (χ3v) is 7.32. The Hall–Kier alpha value is -2.69. The number of hydrogen-bond acceptors (Lipinski definition) is 7. The van der Waals surface area contributed by atoms with Crippen molar-refractivity contribution in [2.45, 2.75) is 38.9 Å². The third kappa shape index (κ3) is 4.05. The van der Waals surface area contributed by atoms with Crippen LogP contribution in [0.1, 0.15) is 30.3 Å². The van der Waals surface area contributed by atoms with Gasteiger partial charge in [0.15, 0.2) is 5.16 Å². The predicted octanol–water partition coefficient (Wildman–Crippen LogP) is 3.88. The van der Waals surface area contributed by atoms with Crippen molar-refractivity contribution in [3.8, 4) is 0 Å². The smallest absolute Gasteiger partial charge is 0.281 e. The van der Waals surface area contributed by atoms with Gasteiger partial charge in [0.2, 0.25) is 5.91 Å². The molecule has 0 fully saturated rings. The van der Waals surface area contributed by atoms with Crippen molar-refractivity contribution in [1.82, 2.24) is 19.2 Å². The Labute approximate surface area is 196 Å². The van der Waals surface area contributed by atoms with Crippen LogP contribution in [0.2, 0.25) is 5.02 Å². The molecule has 0 spiro atoms. The van der Waals surface area contributed by atoms with Gasteiger partial charge < -0.3 is 0 Å². The lowest BCUT2D eigenvalue weighted by Crippen LogP contribution is -2.34. The van der Waals surface area contributed by atoms with E-state index in [1.165, 1.54) is 17.7 Å². The van der Waals surface area contributed by atoms with Crippen LogP contribution in [0, 0.1) is 13.8 Å². The first-order chi connectivity index (χ1) is 15.2. The molecule has 32 heavy (non-hydrogen) atoms. The maximum absolute atomic E-state index is 13.0. The molecule has 8 nitrogen and oxygen atoms in total. The van der Waals surface area contributed by atoms with Crippen LogP contribution in [0.3, 0.4) is 0 Å². The fourth-order valence-electron chi connectivity index (χ4n) is 3.32. The van der Waals surface area contributed by atoms with Gasteiger partial charge in [-0.25, -0.2) is 14.6 Å². The maximum Gasteiger partial charge on any atom is 0.281 e. The van der Waals surface area contributed by atoms with E-state index in [1.807, 2.05) is 27.7 Å². The van der Waals surface area contributed by atoms with Crippen molar-refractivity contribution in [2.24, 2.45) is 0 Å². The highest BCUT2D eigenvalue weighted by Gasteiger charge is 2.17. The third-order valence-electron chi connectivity index (χ3n) is 5.01. The Morgan fingerprint density at radius 2 is 2.00 bits per heavy atom. The molecule has 3 aromatic heterocycles. The van der Waals surface area contributed by atoms with Crippen molar-refractivity contribution < 1.29 is 4.79 Å². The van der Waals surface area contributed by atoms with Crippen LogP contribution in [0.25, 0.3) is 21.1 Å². The van der Waals surface area contributed by atoms with Crippen LogP contribution in [0.5, 0.6) is 0 Å². The van der Waals surface area contributed by atoms with Gasteiger partial charge in [-0.05, 0) is 51.5 Å². The SMILES string of the molecule is Cc1sc2ncn(NC(=O)CSc3nc4cc(Cl)ccc4c(=O)n3C(C)C)c(=O)c2c1C. The molecule has 0 atom stereocenters. The second-order valence-corrected chi connectivity index (χ2v) is 10.1. The summed E-state index contributed by atoms with van der Waals surface area (Å²) in [4.78, 5) is 48.8. The number of aryl methyl sites for hydroxylation is 2. The van der Waals surface area contributed by atoms with Gasteiger partial charge in [0, 0.05) is 15.9 Å². The van der Waals surface area contributed by atoms with E-state index in [-0.39, 0.29) is 22.9 Å². The molecule has 3 heterocycles. The molecule has 0 saturated carbocycles. The monoisotopic (exact) mass is 489 g/mol.